The molecule has 1 heterocycles. The molecule has 0 aliphatic rings. The first-order valence-corrected chi connectivity index (χ1v) is 5.40. The van der Waals surface area contributed by atoms with E-state index in [9.17, 15) is 9.59 Å². The molecule has 94 valence electrons. The van der Waals surface area contributed by atoms with E-state index in [-0.39, 0.29) is 16.9 Å². The standard InChI is InChI=1S/C13H10N4O2/c14-7-8-4-5-10(9(15)6-8)17-13(19)11-2-1-3-12(18)16-11/h1-6H,15H2,(H,16,18)(H,17,19). The molecule has 6 heteroatoms. The molecule has 4 N–H and O–H groups in total. The number of carbonyl (C=O) groups excluding carboxylic acids is 1. The zero-order valence-electron chi connectivity index (χ0n) is 9.81. The second-order valence-corrected chi connectivity index (χ2v) is 3.80. The minimum absolute atomic E-state index is 0.135. The highest BCUT2D eigenvalue weighted by atomic mass is 16.2. The lowest BCUT2D eigenvalue weighted by Gasteiger charge is -2.08. The fourth-order valence-corrected chi connectivity index (χ4v) is 1.52. The van der Waals surface area contributed by atoms with E-state index < -0.39 is 5.91 Å². The molecule has 0 aliphatic heterocycles. The number of H-pyrrole nitrogens is 1. The second kappa shape index (κ2) is 5.06. The van der Waals surface area contributed by atoms with Gasteiger partial charge < -0.3 is 16.0 Å². The zero-order chi connectivity index (χ0) is 13.8. The molecule has 1 aromatic carbocycles. The Bertz CT molecular complexity index is 728. The van der Waals surface area contributed by atoms with Gasteiger partial charge in [-0.3, -0.25) is 9.59 Å². The van der Waals surface area contributed by atoms with E-state index in [0.717, 1.165) is 0 Å². The van der Waals surface area contributed by atoms with Gasteiger partial charge in [0, 0.05) is 6.07 Å². The molecule has 1 amide bonds. The number of hydrogen-bond acceptors (Lipinski definition) is 4. The topological polar surface area (TPSA) is 112 Å². The van der Waals surface area contributed by atoms with Crippen molar-refractivity contribution in [2.45, 2.75) is 0 Å². The van der Waals surface area contributed by atoms with Crippen LogP contribution in [0.2, 0.25) is 0 Å². The molecule has 6 nitrogen and oxygen atoms in total. The summed E-state index contributed by atoms with van der Waals surface area (Å²) in [4.78, 5) is 25.4. The molecule has 0 unspecified atom stereocenters. The SMILES string of the molecule is N#Cc1ccc(NC(=O)c2cccc(=O)[nH]2)c(N)c1. The molecule has 2 rings (SSSR count). The van der Waals surface area contributed by atoms with E-state index in [1.54, 1.807) is 6.07 Å². The summed E-state index contributed by atoms with van der Waals surface area (Å²) in [7, 11) is 0. The maximum Gasteiger partial charge on any atom is 0.272 e. The Labute approximate surface area is 108 Å². The van der Waals surface area contributed by atoms with Gasteiger partial charge in [-0.25, -0.2) is 0 Å². The third-order valence-corrected chi connectivity index (χ3v) is 2.44. The minimum Gasteiger partial charge on any atom is -0.397 e. The average molecular weight is 254 g/mol. The van der Waals surface area contributed by atoms with Crippen molar-refractivity contribution in [3.05, 3.63) is 58.0 Å². The average Bonchev–Trinajstić information content (AvgIpc) is 2.41. The van der Waals surface area contributed by atoms with Crippen LogP contribution in [0, 0.1) is 11.3 Å². The number of amides is 1. The molecule has 0 aliphatic carbocycles. The predicted molar refractivity (Wildman–Crippen MR) is 70.6 cm³/mol. The molecule has 1 aromatic heterocycles. The fraction of sp³-hybridized carbons (Fsp3) is 0. The maximum absolute atomic E-state index is 11.9. The number of carbonyl (C=O) groups is 1. The van der Waals surface area contributed by atoms with Gasteiger partial charge >= 0.3 is 0 Å². The second-order valence-electron chi connectivity index (χ2n) is 3.80. The molecule has 0 radical (unpaired) electrons. The smallest absolute Gasteiger partial charge is 0.272 e. The van der Waals surface area contributed by atoms with E-state index >= 15 is 0 Å². The summed E-state index contributed by atoms with van der Waals surface area (Å²) < 4.78 is 0. The predicted octanol–water partition coefficient (Wildman–Crippen LogP) is 1.08. The van der Waals surface area contributed by atoms with Crippen LogP contribution in [0.3, 0.4) is 0 Å². The number of nitriles is 1. The third kappa shape index (κ3) is 2.79. The number of nitrogen functional groups attached to an aromatic ring is 1. The highest BCUT2D eigenvalue weighted by Crippen LogP contribution is 2.19. The number of aromatic amines is 1. The van der Waals surface area contributed by atoms with Crippen LogP contribution in [0.4, 0.5) is 11.4 Å². The fourth-order valence-electron chi connectivity index (χ4n) is 1.52. The Kier molecular flexibility index (Phi) is 3.30. The Morgan fingerprint density at radius 1 is 1.32 bits per heavy atom. The van der Waals surface area contributed by atoms with Gasteiger partial charge in [-0.1, -0.05) is 6.07 Å². The van der Waals surface area contributed by atoms with Crippen LogP contribution >= 0.6 is 0 Å². The van der Waals surface area contributed by atoms with Crippen molar-refractivity contribution in [3.63, 3.8) is 0 Å². The van der Waals surface area contributed by atoms with E-state index in [1.165, 1.54) is 30.3 Å². The van der Waals surface area contributed by atoms with Crippen LogP contribution in [0.5, 0.6) is 0 Å². The number of anilines is 2. The Morgan fingerprint density at radius 3 is 2.74 bits per heavy atom. The number of hydrogen-bond donors (Lipinski definition) is 3. The Hall–Kier alpha value is -3.07. The molecule has 19 heavy (non-hydrogen) atoms. The molecular weight excluding hydrogens is 244 g/mol. The number of nitrogens with two attached hydrogens (primary N) is 1. The molecule has 0 bridgehead atoms. The first-order valence-electron chi connectivity index (χ1n) is 5.40. The van der Waals surface area contributed by atoms with Crippen molar-refractivity contribution >= 4 is 17.3 Å². The van der Waals surface area contributed by atoms with Gasteiger partial charge in [0.1, 0.15) is 5.69 Å². The van der Waals surface area contributed by atoms with Crippen molar-refractivity contribution in [2.75, 3.05) is 11.1 Å². The van der Waals surface area contributed by atoms with Gasteiger partial charge in [-0.15, -0.1) is 0 Å². The highest BCUT2D eigenvalue weighted by Gasteiger charge is 2.09. The summed E-state index contributed by atoms with van der Waals surface area (Å²) in [5.74, 6) is -0.478. The van der Waals surface area contributed by atoms with E-state index in [4.69, 9.17) is 11.0 Å². The van der Waals surface area contributed by atoms with Crippen molar-refractivity contribution < 1.29 is 4.79 Å². The van der Waals surface area contributed by atoms with E-state index in [2.05, 4.69) is 10.3 Å². The summed E-state index contributed by atoms with van der Waals surface area (Å²) in [6, 6.07) is 10.8. The number of nitrogens with one attached hydrogen (secondary N) is 2. The lowest BCUT2D eigenvalue weighted by molar-refractivity contribution is 0.102. The summed E-state index contributed by atoms with van der Waals surface area (Å²) in [6.45, 7) is 0. The van der Waals surface area contributed by atoms with Crippen LogP contribution in [0.1, 0.15) is 16.1 Å². The van der Waals surface area contributed by atoms with Gasteiger partial charge in [0.05, 0.1) is 23.0 Å². The molecule has 0 saturated carbocycles. The Morgan fingerprint density at radius 2 is 2.11 bits per heavy atom. The van der Waals surface area contributed by atoms with Gasteiger partial charge in [-0.2, -0.15) is 5.26 Å². The number of rotatable bonds is 2. The quantitative estimate of drug-likeness (QED) is 0.696. The van der Waals surface area contributed by atoms with Crippen LogP contribution in [0.25, 0.3) is 0 Å². The van der Waals surface area contributed by atoms with Crippen LogP contribution in [-0.2, 0) is 0 Å². The van der Waals surface area contributed by atoms with Crippen LogP contribution < -0.4 is 16.6 Å². The van der Waals surface area contributed by atoms with E-state index in [0.29, 0.717) is 11.3 Å². The number of nitrogens with zero attached hydrogens (tertiary/aromatic N) is 1. The van der Waals surface area contributed by atoms with Gasteiger partial charge in [0.25, 0.3) is 5.91 Å². The molecule has 2 aromatic rings. The van der Waals surface area contributed by atoms with Gasteiger partial charge in [0.2, 0.25) is 5.56 Å². The number of aromatic nitrogens is 1. The molecular formula is C13H10N4O2. The monoisotopic (exact) mass is 254 g/mol. The lowest BCUT2D eigenvalue weighted by Crippen LogP contribution is -2.18. The van der Waals surface area contributed by atoms with E-state index in [1.807, 2.05) is 6.07 Å². The van der Waals surface area contributed by atoms with Gasteiger partial charge in [0.15, 0.2) is 0 Å². The van der Waals surface area contributed by atoms with Crippen molar-refractivity contribution in [2.24, 2.45) is 0 Å². The summed E-state index contributed by atoms with van der Waals surface area (Å²) >= 11 is 0. The van der Waals surface area contributed by atoms with Gasteiger partial charge in [-0.05, 0) is 24.3 Å². The summed E-state index contributed by atoms with van der Waals surface area (Å²) in [6.07, 6.45) is 0. The van der Waals surface area contributed by atoms with Crippen LogP contribution in [0.15, 0.2) is 41.2 Å². The summed E-state index contributed by atoms with van der Waals surface area (Å²) in [5, 5.41) is 11.3. The molecule has 0 spiro atoms. The lowest BCUT2D eigenvalue weighted by atomic mass is 10.2. The minimum atomic E-state index is -0.478. The van der Waals surface area contributed by atoms with Crippen molar-refractivity contribution in [3.8, 4) is 6.07 Å². The third-order valence-electron chi connectivity index (χ3n) is 2.44. The highest BCUT2D eigenvalue weighted by molar-refractivity contribution is 6.04. The zero-order valence-corrected chi connectivity index (χ0v) is 9.81. The molecule has 0 fully saturated rings. The molecule has 0 saturated heterocycles. The maximum atomic E-state index is 11.9. The molecule has 0 atom stereocenters. The first kappa shape index (κ1) is 12.4. The van der Waals surface area contributed by atoms with Crippen molar-refractivity contribution in [1.29, 1.82) is 5.26 Å². The van der Waals surface area contributed by atoms with Crippen LogP contribution in [-0.4, -0.2) is 10.9 Å². The largest absolute Gasteiger partial charge is 0.397 e. The Balaban J connectivity index is 2.25. The summed E-state index contributed by atoms with van der Waals surface area (Å²) in [5.41, 5.74) is 6.56. The van der Waals surface area contributed by atoms with Crippen molar-refractivity contribution in [1.82, 2.24) is 4.98 Å². The first-order chi connectivity index (χ1) is 9.10. The normalized spacial score (nSPS) is 9.63. The number of benzene rings is 1. The number of pyridine rings is 1.